The van der Waals surface area contributed by atoms with E-state index < -0.39 is 0 Å². The van der Waals surface area contributed by atoms with Gasteiger partial charge in [0.15, 0.2) is 0 Å². The molecule has 0 saturated carbocycles. The monoisotopic (exact) mass is 358 g/mol. The molecule has 7 nitrogen and oxygen atoms in total. The zero-order valence-electron chi connectivity index (χ0n) is 15.7. The fraction of sp³-hybridized carbons (Fsp3) is 0.526. The fourth-order valence-corrected chi connectivity index (χ4v) is 3.39. The summed E-state index contributed by atoms with van der Waals surface area (Å²) in [7, 11) is 1.87. The molecule has 1 saturated heterocycles. The van der Waals surface area contributed by atoms with Gasteiger partial charge in [-0.25, -0.2) is 4.98 Å². The van der Waals surface area contributed by atoms with Gasteiger partial charge < -0.3 is 14.6 Å². The number of hydrogen-bond donors (Lipinski definition) is 1. The first-order valence-corrected chi connectivity index (χ1v) is 8.97. The molecule has 3 rings (SSSR count). The van der Waals surface area contributed by atoms with Crippen molar-refractivity contribution in [3.8, 4) is 0 Å². The van der Waals surface area contributed by atoms with E-state index in [0.717, 1.165) is 0 Å². The lowest BCUT2D eigenvalue weighted by Gasteiger charge is -2.38. The SMILES string of the molecule is C[C@H](C(=O)N1C[C@H](C)O[C@@H](C)C1)N(C)Cc1nc2ccccc2c(=O)[nH]1. The van der Waals surface area contributed by atoms with Crippen molar-refractivity contribution in [1.29, 1.82) is 0 Å². The van der Waals surface area contributed by atoms with Crippen LogP contribution in [0.2, 0.25) is 0 Å². The summed E-state index contributed by atoms with van der Waals surface area (Å²) in [6.07, 6.45) is 0.0810. The standard InChI is InChI=1S/C19H26N4O3/c1-12-9-23(10-13(2)26-12)19(25)14(3)22(4)11-17-20-16-8-6-5-7-15(16)18(24)21-17/h5-8,12-14H,9-11H2,1-4H3,(H,20,21,24)/t12-,13-,14+/m0/s1. The first kappa shape index (κ1) is 18.5. The highest BCUT2D eigenvalue weighted by atomic mass is 16.5. The number of morpholine rings is 1. The van der Waals surface area contributed by atoms with E-state index in [1.54, 1.807) is 6.07 Å². The summed E-state index contributed by atoms with van der Waals surface area (Å²) in [5.41, 5.74) is 0.503. The van der Waals surface area contributed by atoms with Crippen LogP contribution in [0.5, 0.6) is 0 Å². The molecule has 2 heterocycles. The summed E-state index contributed by atoms with van der Waals surface area (Å²) in [4.78, 5) is 36.1. The third-order valence-electron chi connectivity index (χ3n) is 4.81. The highest BCUT2D eigenvalue weighted by molar-refractivity contribution is 5.81. The molecule has 0 radical (unpaired) electrons. The molecule has 26 heavy (non-hydrogen) atoms. The maximum absolute atomic E-state index is 12.8. The molecule has 3 atom stereocenters. The average Bonchev–Trinajstić information content (AvgIpc) is 2.59. The van der Waals surface area contributed by atoms with Crippen LogP contribution in [0.1, 0.15) is 26.6 Å². The lowest BCUT2D eigenvalue weighted by molar-refractivity contribution is -0.148. The Kier molecular flexibility index (Phi) is 5.38. The molecule has 1 amide bonds. The number of ether oxygens (including phenoxy) is 1. The van der Waals surface area contributed by atoms with E-state index in [9.17, 15) is 9.59 Å². The highest BCUT2D eigenvalue weighted by Gasteiger charge is 2.30. The van der Waals surface area contributed by atoms with E-state index in [4.69, 9.17) is 4.74 Å². The molecule has 1 fully saturated rings. The molecular formula is C19H26N4O3. The second-order valence-corrected chi connectivity index (χ2v) is 7.12. The van der Waals surface area contributed by atoms with Crippen molar-refractivity contribution in [2.75, 3.05) is 20.1 Å². The molecule has 1 aromatic carbocycles. The number of carbonyl (C=O) groups is 1. The molecule has 0 spiro atoms. The maximum atomic E-state index is 12.8. The fourth-order valence-electron chi connectivity index (χ4n) is 3.39. The Morgan fingerprint density at radius 1 is 1.35 bits per heavy atom. The average molecular weight is 358 g/mol. The third-order valence-corrected chi connectivity index (χ3v) is 4.81. The molecule has 7 heteroatoms. The van der Waals surface area contributed by atoms with Crippen molar-refractivity contribution < 1.29 is 9.53 Å². The number of amides is 1. The molecule has 1 aromatic heterocycles. The number of rotatable bonds is 4. The molecule has 1 aliphatic rings. The topological polar surface area (TPSA) is 78.5 Å². The Morgan fingerprint density at radius 2 is 2.00 bits per heavy atom. The van der Waals surface area contributed by atoms with Gasteiger partial charge in [-0.05, 0) is 40.0 Å². The van der Waals surface area contributed by atoms with Gasteiger partial charge in [0.2, 0.25) is 5.91 Å². The van der Waals surface area contributed by atoms with Crippen LogP contribution >= 0.6 is 0 Å². The van der Waals surface area contributed by atoms with Crippen molar-refractivity contribution in [3.63, 3.8) is 0 Å². The Balaban J connectivity index is 1.72. The van der Waals surface area contributed by atoms with Crippen LogP contribution in [0.15, 0.2) is 29.1 Å². The zero-order chi connectivity index (χ0) is 18.8. The molecular weight excluding hydrogens is 332 g/mol. The van der Waals surface area contributed by atoms with E-state index in [0.29, 0.717) is 36.4 Å². The van der Waals surface area contributed by atoms with Gasteiger partial charge in [0.05, 0.1) is 35.7 Å². The second kappa shape index (κ2) is 7.55. The molecule has 1 aliphatic heterocycles. The number of aromatic amines is 1. The predicted octanol–water partition coefficient (Wildman–Crippen LogP) is 1.38. The van der Waals surface area contributed by atoms with Gasteiger partial charge in [-0.3, -0.25) is 14.5 Å². The summed E-state index contributed by atoms with van der Waals surface area (Å²) in [6, 6.07) is 6.93. The van der Waals surface area contributed by atoms with E-state index in [1.165, 1.54) is 0 Å². The van der Waals surface area contributed by atoms with Crippen LogP contribution < -0.4 is 5.56 Å². The van der Waals surface area contributed by atoms with E-state index >= 15 is 0 Å². The van der Waals surface area contributed by atoms with Crippen molar-refractivity contribution >= 4 is 16.8 Å². The summed E-state index contributed by atoms with van der Waals surface area (Å²) in [5, 5.41) is 0.569. The highest BCUT2D eigenvalue weighted by Crippen LogP contribution is 2.14. The number of carbonyl (C=O) groups excluding carboxylic acids is 1. The number of aromatic nitrogens is 2. The predicted molar refractivity (Wildman–Crippen MR) is 99.9 cm³/mol. The second-order valence-electron chi connectivity index (χ2n) is 7.12. The molecule has 140 valence electrons. The quantitative estimate of drug-likeness (QED) is 0.893. The number of nitrogens with one attached hydrogen (secondary N) is 1. The lowest BCUT2D eigenvalue weighted by atomic mass is 10.2. The molecule has 0 bridgehead atoms. The van der Waals surface area contributed by atoms with Crippen molar-refractivity contribution in [2.24, 2.45) is 0 Å². The summed E-state index contributed by atoms with van der Waals surface area (Å²) >= 11 is 0. The van der Waals surface area contributed by atoms with Crippen molar-refractivity contribution in [3.05, 3.63) is 40.4 Å². The van der Waals surface area contributed by atoms with E-state index in [1.807, 2.05) is 55.8 Å². The summed E-state index contributed by atoms with van der Waals surface area (Å²) in [5.74, 6) is 0.622. The van der Waals surface area contributed by atoms with Crippen molar-refractivity contribution in [2.45, 2.75) is 45.6 Å². The number of para-hydroxylation sites is 1. The Bertz CT molecular complexity index is 840. The van der Waals surface area contributed by atoms with Crippen LogP contribution in [0, 0.1) is 0 Å². The van der Waals surface area contributed by atoms with Gasteiger partial charge in [-0.1, -0.05) is 12.1 Å². The van der Waals surface area contributed by atoms with Crippen LogP contribution in [0.25, 0.3) is 10.9 Å². The molecule has 0 unspecified atom stereocenters. The number of fused-ring (bicyclic) bond motifs is 1. The van der Waals surface area contributed by atoms with Gasteiger partial charge in [0.25, 0.3) is 5.56 Å². The third kappa shape index (κ3) is 3.94. The van der Waals surface area contributed by atoms with Crippen molar-refractivity contribution in [1.82, 2.24) is 19.8 Å². The van der Waals surface area contributed by atoms with Crippen LogP contribution in [0.4, 0.5) is 0 Å². The zero-order valence-corrected chi connectivity index (χ0v) is 15.7. The molecule has 0 aliphatic carbocycles. The van der Waals surface area contributed by atoms with E-state index in [-0.39, 0.29) is 29.7 Å². The lowest BCUT2D eigenvalue weighted by Crippen LogP contribution is -2.53. The Morgan fingerprint density at radius 3 is 2.69 bits per heavy atom. The summed E-state index contributed by atoms with van der Waals surface area (Å²) in [6.45, 7) is 7.44. The first-order valence-electron chi connectivity index (χ1n) is 8.97. The van der Waals surface area contributed by atoms with Gasteiger partial charge >= 0.3 is 0 Å². The molecule has 1 N–H and O–H groups in total. The van der Waals surface area contributed by atoms with Gasteiger partial charge in [0, 0.05) is 13.1 Å². The number of hydrogen-bond acceptors (Lipinski definition) is 5. The number of benzene rings is 1. The first-order chi connectivity index (χ1) is 12.3. The smallest absolute Gasteiger partial charge is 0.258 e. The van der Waals surface area contributed by atoms with Gasteiger partial charge in [-0.15, -0.1) is 0 Å². The minimum Gasteiger partial charge on any atom is -0.372 e. The van der Waals surface area contributed by atoms with E-state index in [2.05, 4.69) is 9.97 Å². The Hall–Kier alpha value is -2.25. The largest absolute Gasteiger partial charge is 0.372 e. The number of H-pyrrole nitrogens is 1. The van der Waals surface area contributed by atoms with Crippen LogP contribution in [-0.4, -0.2) is 64.1 Å². The maximum Gasteiger partial charge on any atom is 0.258 e. The summed E-state index contributed by atoms with van der Waals surface area (Å²) < 4.78 is 5.70. The van der Waals surface area contributed by atoms with Crippen LogP contribution in [-0.2, 0) is 16.1 Å². The minimum absolute atomic E-state index is 0.0405. The van der Waals surface area contributed by atoms with Crippen LogP contribution in [0.3, 0.4) is 0 Å². The molecule has 2 aromatic rings. The normalized spacial score (nSPS) is 22.0. The number of nitrogens with zero attached hydrogens (tertiary/aromatic N) is 3. The minimum atomic E-state index is -0.315. The van der Waals surface area contributed by atoms with Gasteiger partial charge in [0.1, 0.15) is 5.82 Å². The number of likely N-dealkylation sites (N-methyl/N-ethyl adjacent to an activating group) is 1. The van der Waals surface area contributed by atoms with Gasteiger partial charge in [-0.2, -0.15) is 0 Å². The Labute approximate surface area is 153 Å².